The summed E-state index contributed by atoms with van der Waals surface area (Å²) in [5, 5.41) is 23.4. The number of ketones is 1. The summed E-state index contributed by atoms with van der Waals surface area (Å²) in [6, 6.07) is 13.5. The van der Waals surface area contributed by atoms with Gasteiger partial charge in [-0.15, -0.1) is 11.3 Å². The van der Waals surface area contributed by atoms with Crippen molar-refractivity contribution in [2.45, 2.75) is 6.04 Å². The fraction of sp³-hybridized carbons (Fsp3) is 0.0909. The fourth-order valence-electron chi connectivity index (χ4n) is 3.42. The van der Waals surface area contributed by atoms with E-state index in [1.807, 2.05) is 0 Å². The number of aliphatic hydroxyl groups excluding tert-OH is 1. The molecule has 0 aliphatic carbocycles. The summed E-state index contributed by atoms with van der Waals surface area (Å²) < 4.78 is 5.19. The van der Waals surface area contributed by atoms with Crippen LogP contribution in [0, 0.1) is 0 Å². The molecule has 8 heteroatoms. The van der Waals surface area contributed by atoms with Gasteiger partial charge in [0.1, 0.15) is 23.3 Å². The van der Waals surface area contributed by atoms with Crippen LogP contribution in [0.15, 0.2) is 65.6 Å². The van der Waals surface area contributed by atoms with Crippen molar-refractivity contribution < 1.29 is 24.5 Å². The largest absolute Gasteiger partial charge is 0.507 e. The topological polar surface area (TPSA) is 87.1 Å². The molecule has 1 amide bonds. The molecule has 6 nitrogen and oxygen atoms in total. The van der Waals surface area contributed by atoms with E-state index in [4.69, 9.17) is 16.3 Å². The number of Topliss-reactive ketones (excluding diaryl/α,β-unsaturated/α-hetero) is 1. The van der Waals surface area contributed by atoms with E-state index in [0.717, 1.165) is 0 Å². The third-order valence-corrected chi connectivity index (χ3v) is 6.08. The van der Waals surface area contributed by atoms with E-state index in [0.29, 0.717) is 10.6 Å². The first-order valence-corrected chi connectivity index (χ1v) is 10.2. The minimum absolute atomic E-state index is 0.110. The van der Waals surface area contributed by atoms with Crippen LogP contribution in [0.4, 0.5) is 5.69 Å². The van der Waals surface area contributed by atoms with Gasteiger partial charge in [-0.1, -0.05) is 29.8 Å². The van der Waals surface area contributed by atoms with Gasteiger partial charge in [0.15, 0.2) is 0 Å². The predicted molar refractivity (Wildman–Crippen MR) is 115 cm³/mol. The zero-order chi connectivity index (χ0) is 21.4. The number of para-hydroxylation sites is 2. The summed E-state index contributed by atoms with van der Waals surface area (Å²) in [6.07, 6.45) is 0. The number of nitrogens with zero attached hydrogens (tertiary/aromatic N) is 1. The summed E-state index contributed by atoms with van der Waals surface area (Å²) in [5.74, 6) is -1.85. The van der Waals surface area contributed by atoms with E-state index in [9.17, 15) is 19.8 Å². The van der Waals surface area contributed by atoms with Crippen molar-refractivity contribution >= 4 is 46.1 Å². The maximum Gasteiger partial charge on any atom is 0.300 e. The lowest BCUT2D eigenvalue weighted by Gasteiger charge is -2.24. The van der Waals surface area contributed by atoms with Crippen molar-refractivity contribution in [2.75, 3.05) is 12.0 Å². The Morgan fingerprint density at radius 2 is 1.90 bits per heavy atom. The van der Waals surface area contributed by atoms with E-state index in [2.05, 4.69) is 0 Å². The van der Waals surface area contributed by atoms with Crippen LogP contribution in [0.3, 0.4) is 0 Å². The number of halogens is 1. The molecule has 0 radical (unpaired) electrons. The van der Waals surface area contributed by atoms with Gasteiger partial charge in [0.2, 0.25) is 0 Å². The highest BCUT2D eigenvalue weighted by molar-refractivity contribution is 7.10. The number of hydrogen-bond acceptors (Lipinski definition) is 6. The molecule has 0 bridgehead atoms. The average molecular weight is 442 g/mol. The second-order valence-corrected chi connectivity index (χ2v) is 7.91. The van der Waals surface area contributed by atoms with Gasteiger partial charge in [-0.05, 0) is 41.8 Å². The summed E-state index contributed by atoms with van der Waals surface area (Å²) in [6.45, 7) is 0. The van der Waals surface area contributed by atoms with Crippen molar-refractivity contribution in [3.8, 4) is 11.5 Å². The third kappa shape index (κ3) is 3.22. The van der Waals surface area contributed by atoms with Gasteiger partial charge < -0.3 is 14.9 Å². The molecular formula is C22H16ClNO5S. The smallest absolute Gasteiger partial charge is 0.300 e. The van der Waals surface area contributed by atoms with E-state index >= 15 is 0 Å². The number of benzene rings is 2. The molecule has 2 heterocycles. The first kappa shape index (κ1) is 20.0. The lowest BCUT2D eigenvalue weighted by molar-refractivity contribution is -0.132. The summed E-state index contributed by atoms with van der Waals surface area (Å²) in [5.41, 5.74) is 0.238. The fourth-order valence-corrected chi connectivity index (χ4v) is 4.45. The number of aliphatic hydroxyl groups is 1. The van der Waals surface area contributed by atoms with Crippen molar-refractivity contribution in [2.24, 2.45) is 0 Å². The van der Waals surface area contributed by atoms with Crippen LogP contribution in [-0.2, 0) is 9.59 Å². The van der Waals surface area contributed by atoms with Crippen LogP contribution in [-0.4, -0.2) is 29.0 Å². The molecular weight excluding hydrogens is 426 g/mol. The predicted octanol–water partition coefficient (Wildman–Crippen LogP) is 4.74. The number of methoxy groups -OCH3 is 1. The van der Waals surface area contributed by atoms with Crippen LogP contribution in [0.25, 0.3) is 5.76 Å². The minimum atomic E-state index is -0.916. The molecule has 4 rings (SSSR count). The normalized spacial score (nSPS) is 18.1. The Morgan fingerprint density at radius 1 is 1.13 bits per heavy atom. The SMILES string of the molecule is COc1ccc(Cl)c(/C(O)=C2/C(=O)C(=O)N(c3ccccc3O)C2c2cccs2)c1. The zero-order valence-electron chi connectivity index (χ0n) is 15.7. The first-order valence-electron chi connectivity index (χ1n) is 8.90. The van der Waals surface area contributed by atoms with E-state index in [1.54, 1.807) is 41.8 Å². The molecule has 0 saturated carbocycles. The lowest BCUT2D eigenvalue weighted by atomic mass is 9.99. The van der Waals surface area contributed by atoms with Crippen LogP contribution < -0.4 is 9.64 Å². The number of carbonyl (C=O) groups excluding carboxylic acids is 2. The van der Waals surface area contributed by atoms with Crippen LogP contribution >= 0.6 is 22.9 Å². The molecule has 0 spiro atoms. The molecule has 1 fully saturated rings. The Morgan fingerprint density at radius 3 is 2.57 bits per heavy atom. The van der Waals surface area contributed by atoms with Crippen LogP contribution in [0.5, 0.6) is 11.5 Å². The second-order valence-electron chi connectivity index (χ2n) is 6.52. The van der Waals surface area contributed by atoms with Gasteiger partial charge in [-0.3, -0.25) is 14.5 Å². The number of hydrogen-bond donors (Lipinski definition) is 2. The van der Waals surface area contributed by atoms with Crippen molar-refractivity contribution in [1.29, 1.82) is 0 Å². The van der Waals surface area contributed by atoms with Crippen molar-refractivity contribution in [1.82, 2.24) is 0 Å². The highest BCUT2D eigenvalue weighted by Gasteiger charge is 2.48. The number of thiophene rings is 1. The van der Waals surface area contributed by atoms with E-state index in [1.165, 1.54) is 41.5 Å². The highest BCUT2D eigenvalue weighted by Crippen LogP contribution is 2.46. The maximum absolute atomic E-state index is 13.0. The van der Waals surface area contributed by atoms with Crippen molar-refractivity contribution in [3.05, 3.63) is 81.0 Å². The Balaban J connectivity index is 1.97. The highest BCUT2D eigenvalue weighted by atomic mass is 35.5. The second kappa shape index (κ2) is 7.85. The standard InChI is InChI=1S/C22H16ClNO5S/c1-29-12-8-9-14(23)13(11-12)20(26)18-19(17-7-4-10-30-17)24(22(28)21(18)27)15-5-2-3-6-16(15)25/h2-11,19,25-26H,1H3/b20-18-. The van der Waals surface area contributed by atoms with E-state index in [-0.39, 0.29) is 27.6 Å². The number of carbonyl (C=O) groups is 2. The Kier molecular flexibility index (Phi) is 5.24. The van der Waals surface area contributed by atoms with E-state index < -0.39 is 23.5 Å². The number of aromatic hydroxyl groups is 1. The van der Waals surface area contributed by atoms with Gasteiger partial charge in [-0.2, -0.15) is 0 Å². The third-order valence-electron chi connectivity index (χ3n) is 4.83. The number of rotatable bonds is 4. The van der Waals surface area contributed by atoms with Crippen LogP contribution in [0.2, 0.25) is 5.02 Å². The Hall–Kier alpha value is -3.29. The maximum atomic E-state index is 13.0. The van der Waals surface area contributed by atoms with Gasteiger partial charge in [0.05, 0.1) is 23.4 Å². The number of anilines is 1. The van der Waals surface area contributed by atoms with Crippen LogP contribution in [0.1, 0.15) is 16.5 Å². The lowest BCUT2D eigenvalue weighted by Crippen LogP contribution is -2.29. The van der Waals surface area contributed by atoms with Gasteiger partial charge in [0.25, 0.3) is 11.7 Å². The number of ether oxygens (including phenoxy) is 1. The van der Waals surface area contributed by atoms with Crippen molar-refractivity contribution in [3.63, 3.8) is 0 Å². The average Bonchev–Trinajstić information content (AvgIpc) is 3.36. The summed E-state index contributed by atoms with van der Waals surface area (Å²) in [7, 11) is 1.47. The molecule has 1 aliphatic heterocycles. The monoisotopic (exact) mass is 441 g/mol. The van der Waals surface area contributed by atoms with Gasteiger partial charge in [-0.25, -0.2) is 0 Å². The minimum Gasteiger partial charge on any atom is -0.507 e. The van der Waals surface area contributed by atoms with Gasteiger partial charge in [0, 0.05) is 10.4 Å². The molecule has 152 valence electrons. The molecule has 2 N–H and O–H groups in total. The molecule has 1 aliphatic rings. The molecule has 30 heavy (non-hydrogen) atoms. The summed E-state index contributed by atoms with van der Waals surface area (Å²) in [4.78, 5) is 27.9. The molecule has 1 aromatic heterocycles. The molecule has 3 aromatic rings. The molecule has 2 aromatic carbocycles. The Labute approximate surface area is 181 Å². The number of phenolic OH excluding ortho intramolecular Hbond substituents is 1. The zero-order valence-corrected chi connectivity index (χ0v) is 17.3. The summed E-state index contributed by atoms with van der Waals surface area (Å²) >= 11 is 7.59. The first-order chi connectivity index (χ1) is 14.4. The van der Waals surface area contributed by atoms with Gasteiger partial charge >= 0.3 is 0 Å². The number of phenols is 1. The molecule has 1 unspecified atom stereocenters. The molecule has 1 atom stereocenters. The Bertz CT molecular complexity index is 1170. The number of amides is 1. The molecule has 1 saturated heterocycles. The quantitative estimate of drug-likeness (QED) is 0.347.